The lowest BCUT2D eigenvalue weighted by Gasteiger charge is -2.14. The molecular weight excluding hydrogens is 318 g/mol. The summed E-state index contributed by atoms with van der Waals surface area (Å²) in [6.45, 7) is 0. The van der Waals surface area contributed by atoms with Crippen LogP contribution in [0.15, 0.2) is 36.5 Å². The summed E-state index contributed by atoms with van der Waals surface area (Å²) in [6, 6.07) is 9.37. The number of pyridine rings is 1. The van der Waals surface area contributed by atoms with E-state index in [0.29, 0.717) is 28.9 Å². The fourth-order valence-corrected chi connectivity index (χ4v) is 3.02. The van der Waals surface area contributed by atoms with Gasteiger partial charge in [-0.25, -0.2) is 4.98 Å². The molecule has 1 aliphatic carbocycles. The Morgan fingerprint density at radius 1 is 1.12 bits per heavy atom. The van der Waals surface area contributed by atoms with E-state index >= 15 is 0 Å². The van der Waals surface area contributed by atoms with Gasteiger partial charge in [-0.05, 0) is 37.1 Å². The molecular formula is C19H23N3O3. The van der Waals surface area contributed by atoms with Crippen molar-refractivity contribution in [2.75, 3.05) is 24.9 Å². The normalized spacial score (nSPS) is 14.2. The van der Waals surface area contributed by atoms with E-state index in [1.54, 1.807) is 44.7 Å². The first-order valence-electron chi connectivity index (χ1n) is 8.45. The minimum Gasteiger partial charge on any atom is -0.497 e. The Balaban J connectivity index is 1.68. The highest BCUT2D eigenvalue weighted by molar-refractivity contribution is 6.03. The van der Waals surface area contributed by atoms with Crippen molar-refractivity contribution in [3.05, 3.63) is 42.2 Å². The third-order valence-electron chi connectivity index (χ3n) is 4.38. The van der Waals surface area contributed by atoms with Crippen molar-refractivity contribution in [1.29, 1.82) is 0 Å². The summed E-state index contributed by atoms with van der Waals surface area (Å²) in [7, 11) is 3.13. The topological polar surface area (TPSA) is 72.5 Å². The van der Waals surface area contributed by atoms with Crippen LogP contribution in [0.3, 0.4) is 0 Å². The van der Waals surface area contributed by atoms with Crippen LogP contribution < -0.4 is 20.1 Å². The van der Waals surface area contributed by atoms with Gasteiger partial charge in [0, 0.05) is 12.1 Å². The second-order valence-electron chi connectivity index (χ2n) is 6.08. The number of nitrogens with zero attached hydrogens (tertiary/aromatic N) is 1. The van der Waals surface area contributed by atoms with Crippen LogP contribution >= 0.6 is 0 Å². The predicted octanol–water partition coefficient (Wildman–Crippen LogP) is 3.71. The molecule has 25 heavy (non-hydrogen) atoms. The lowest BCUT2D eigenvalue weighted by molar-refractivity contribution is 0.102. The number of ether oxygens (including phenoxy) is 2. The third-order valence-corrected chi connectivity index (χ3v) is 4.38. The van der Waals surface area contributed by atoms with Crippen molar-refractivity contribution in [2.24, 2.45) is 0 Å². The van der Waals surface area contributed by atoms with Gasteiger partial charge >= 0.3 is 0 Å². The van der Waals surface area contributed by atoms with Gasteiger partial charge in [0.2, 0.25) is 0 Å². The number of carbonyl (C=O) groups excluding carboxylic acids is 1. The summed E-state index contributed by atoms with van der Waals surface area (Å²) in [6.07, 6.45) is 6.63. The SMILES string of the molecule is COc1ccc(OC)c(NC(=O)c2ccc(NC3CCCC3)cn2)c1. The van der Waals surface area contributed by atoms with E-state index in [1.807, 2.05) is 6.07 Å². The zero-order valence-electron chi connectivity index (χ0n) is 14.5. The minimum atomic E-state index is -0.293. The molecule has 6 nitrogen and oxygen atoms in total. The molecule has 0 aliphatic heterocycles. The summed E-state index contributed by atoms with van der Waals surface area (Å²) < 4.78 is 10.5. The Bertz CT molecular complexity index is 725. The van der Waals surface area contributed by atoms with Crippen LogP contribution in [0.4, 0.5) is 11.4 Å². The highest BCUT2D eigenvalue weighted by atomic mass is 16.5. The molecule has 0 bridgehead atoms. The number of rotatable bonds is 6. The number of hydrogen-bond acceptors (Lipinski definition) is 5. The highest BCUT2D eigenvalue weighted by Gasteiger charge is 2.15. The molecule has 2 N–H and O–H groups in total. The second-order valence-corrected chi connectivity index (χ2v) is 6.08. The van der Waals surface area contributed by atoms with E-state index in [-0.39, 0.29) is 5.91 Å². The number of benzene rings is 1. The molecule has 1 amide bonds. The Morgan fingerprint density at radius 2 is 1.92 bits per heavy atom. The lowest BCUT2D eigenvalue weighted by Crippen LogP contribution is -2.16. The van der Waals surface area contributed by atoms with E-state index in [0.717, 1.165) is 5.69 Å². The highest BCUT2D eigenvalue weighted by Crippen LogP contribution is 2.29. The summed E-state index contributed by atoms with van der Waals surface area (Å²) in [5.41, 5.74) is 1.84. The summed E-state index contributed by atoms with van der Waals surface area (Å²) in [5.74, 6) is 0.910. The molecule has 0 spiro atoms. The fraction of sp³-hybridized carbons (Fsp3) is 0.368. The van der Waals surface area contributed by atoms with Gasteiger partial charge in [-0.3, -0.25) is 4.79 Å². The number of methoxy groups -OCH3 is 2. The van der Waals surface area contributed by atoms with Crippen molar-refractivity contribution >= 4 is 17.3 Å². The zero-order valence-corrected chi connectivity index (χ0v) is 14.5. The molecule has 0 unspecified atom stereocenters. The molecule has 0 radical (unpaired) electrons. The van der Waals surface area contributed by atoms with Crippen molar-refractivity contribution in [3.8, 4) is 11.5 Å². The minimum absolute atomic E-state index is 0.293. The molecule has 132 valence electrons. The van der Waals surface area contributed by atoms with Crippen molar-refractivity contribution < 1.29 is 14.3 Å². The molecule has 1 aliphatic rings. The third kappa shape index (κ3) is 4.21. The number of carbonyl (C=O) groups is 1. The average molecular weight is 341 g/mol. The van der Waals surface area contributed by atoms with Gasteiger partial charge in [0.25, 0.3) is 5.91 Å². The van der Waals surface area contributed by atoms with Gasteiger partial charge < -0.3 is 20.1 Å². The van der Waals surface area contributed by atoms with Crippen LogP contribution in [-0.4, -0.2) is 31.2 Å². The first-order valence-corrected chi connectivity index (χ1v) is 8.45. The fourth-order valence-electron chi connectivity index (χ4n) is 3.02. The maximum absolute atomic E-state index is 12.4. The van der Waals surface area contributed by atoms with E-state index in [9.17, 15) is 4.79 Å². The van der Waals surface area contributed by atoms with Gasteiger partial charge in [-0.15, -0.1) is 0 Å². The number of nitrogens with one attached hydrogen (secondary N) is 2. The molecule has 1 heterocycles. The van der Waals surface area contributed by atoms with Crippen LogP contribution in [0.25, 0.3) is 0 Å². The van der Waals surface area contributed by atoms with Gasteiger partial charge in [0.15, 0.2) is 0 Å². The van der Waals surface area contributed by atoms with Gasteiger partial charge in [0.1, 0.15) is 17.2 Å². The number of hydrogen-bond donors (Lipinski definition) is 2. The van der Waals surface area contributed by atoms with Crippen LogP contribution in [0, 0.1) is 0 Å². The molecule has 6 heteroatoms. The predicted molar refractivity (Wildman–Crippen MR) is 97.6 cm³/mol. The summed E-state index contributed by atoms with van der Waals surface area (Å²) >= 11 is 0. The van der Waals surface area contributed by atoms with Gasteiger partial charge in [-0.1, -0.05) is 12.8 Å². The van der Waals surface area contributed by atoms with Crippen molar-refractivity contribution in [2.45, 2.75) is 31.7 Å². The van der Waals surface area contributed by atoms with Crippen LogP contribution in [-0.2, 0) is 0 Å². The maximum atomic E-state index is 12.4. The number of anilines is 2. The average Bonchev–Trinajstić information content (AvgIpc) is 3.15. The Labute approximate surface area is 147 Å². The molecule has 1 aromatic carbocycles. The molecule has 2 aromatic rings. The molecule has 0 atom stereocenters. The maximum Gasteiger partial charge on any atom is 0.274 e. The second kappa shape index (κ2) is 7.88. The van der Waals surface area contributed by atoms with Crippen LogP contribution in [0.1, 0.15) is 36.2 Å². The van der Waals surface area contributed by atoms with Gasteiger partial charge in [0.05, 0.1) is 31.8 Å². The molecule has 0 saturated heterocycles. The summed E-state index contributed by atoms with van der Waals surface area (Å²) in [5, 5.41) is 6.28. The first kappa shape index (κ1) is 17.1. The first-order chi connectivity index (χ1) is 12.2. The number of aromatic nitrogens is 1. The molecule has 1 fully saturated rings. The lowest BCUT2D eigenvalue weighted by atomic mass is 10.2. The Morgan fingerprint density at radius 3 is 2.56 bits per heavy atom. The van der Waals surface area contributed by atoms with Crippen LogP contribution in [0.2, 0.25) is 0 Å². The van der Waals surface area contributed by atoms with E-state index in [4.69, 9.17) is 9.47 Å². The van der Waals surface area contributed by atoms with E-state index in [1.165, 1.54) is 25.7 Å². The Kier molecular flexibility index (Phi) is 5.38. The molecule has 3 rings (SSSR count). The Hall–Kier alpha value is -2.76. The largest absolute Gasteiger partial charge is 0.497 e. The number of amides is 1. The van der Waals surface area contributed by atoms with E-state index < -0.39 is 0 Å². The standard InChI is InChI=1S/C19H23N3O3/c1-24-15-8-10-18(25-2)17(11-15)22-19(23)16-9-7-14(12-20-16)21-13-5-3-4-6-13/h7-13,21H,3-6H2,1-2H3,(H,22,23). The van der Waals surface area contributed by atoms with Gasteiger partial charge in [-0.2, -0.15) is 0 Å². The smallest absolute Gasteiger partial charge is 0.274 e. The van der Waals surface area contributed by atoms with E-state index in [2.05, 4.69) is 15.6 Å². The molecule has 1 saturated carbocycles. The van der Waals surface area contributed by atoms with Crippen molar-refractivity contribution in [3.63, 3.8) is 0 Å². The van der Waals surface area contributed by atoms with Crippen LogP contribution in [0.5, 0.6) is 11.5 Å². The quantitative estimate of drug-likeness (QED) is 0.838. The summed E-state index contributed by atoms with van der Waals surface area (Å²) in [4.78, 5) is 16.7. The monoisotopic (exact) mass is 341 g/mol. The zero-order chi connectivity index (χ0) is 17.6. The molecule has 1 aromatic heterocycles. The van der Waals surface area contributed by atoms with Crippen molar-refractivity contribution in [1.82, 2.24) is 4.98 Å².